The number of fused-ring (bicyclic) bond motifs is 1. The van der Waals surface area contributed by atoms with Crippen LogP contribution in [-0.4, -0.2) is 38.3 Å². The first kappa shape index (κ1) is 18.8. The summed E-state index contributed by atoms with van der Waals surface area (Å²) in [4.78, 5) is 0. The highest BCUT2D eigenvalue weighted by Gasteiger charge is 2.12. The van der Waals surface area contributed by atoms with E-state index in [0.717, 1.165) is 28.5 Å². The fourth-order valence-corrected chi connectivity index (χ4v) is 2.70. The first-order chi connectivity index (χ1) is 13.1. The fraction of sp³-hybridized carbons (Fsp3) is 0.263. The van der Waals surface area contributed by atoms with Crippen LogP contribution in [0.25, 0.3) is 0 Å². The molecule has 8 heteroatoms. The molecule has 0 saturated heterocycles. The highest BCUT2D eigenvalue weighted by atomic mass is 32.1. The third-order valence-electron chi connectivity index (χ3n) is 3.93. The molecule has 0 unspecified atom stereocenters. The van der Waals surface area contributed by atoms with Crippen LogP contribution in [0.1, 0.15) is 12.5 Å². The lowest BCUT2D eigenvalue weighted by Gasteiger charge is -2.18. The summed E-state index contributed by atoms with van der Waals surface area (Å²) in [7, 11) is 3.17. The van der Waals surface area contributed by atoms with E-state index in [-0.39, 0.29) is 0 Å². The number of nitrogens with zero attached hydrogens (tertiary/aromatic N) is 1. The van der Waals surface area contributed by atoms with Crippen LogP contribution in [0, 0.1) is 0 Å². The molecule has 1 aliphatic rings. The lowest BCUT2D eigenvalue weighted by molar-refractivity contribution is 0.171. The van der Waals surface area contributed by atoms with Crippen molar-refractivity contribution >= 4 is 28.7 Å². The summed E-state index contributed by atoms with van der Waals surface area (Å²) in [6.45, 7) is 3.00. The lowest BCUT2D eigenvalue weighted by atomic mass is 10.1. The molecule has 27 heavy (non-hydrogen) atoms. The summed E-state index contributed by atoms with van der Waals surface area (Å²) in [5.41, 5.74) is 5.29. The molecule has 0 fully saturated rings. The molecule has 3 rings (SSSR count). The number of hydrazone groups is 1. The summed E-state index contributed by atoms with van der Waals surface area (Å²) in [6, 6.07) is 11.1. The molecular formula is C19H21N3O4S. The van der Waals surface area contributed by atoms with Gasteiger partial charge in [-0.2, -0.15) is 5.10 Å². The van der Waals surface area contributed by atoms with Gasteiger partial charge in [-0.05, 0) is 49.5 Å². The van der Waals surface area contributed by atoms with Crippen molar-refractivity contribution < 1.29 is 18.9 Å². The van der Waals surface area contributed by atoms with E-state index in [9.17, 15) is 0 Å². The molecular weight excluding hydrogens is 366 g/mol. The van der Waals surface area contributed by atoms with Gasteiger partial charge in [0.1, 0.15) is 13.2 Å². The highest BCUT2D eigenvalue weighted by Crippen LogP contribution is 2.31. The third-order valence-corrected chi connectivity index (χ3v) is 4.12. The summed E-state index contributed by atoms with van der Waals surface area (Å²) in [5.74, 6) is 2.73. The summed E-state index contributed by atoms with van der Waals surface area (Å²) in [6.07, 6.45) is 0. The average molecular weight is 387 g/mol. The Hall–Kier alpha value is -3.00. The SMILES string of the molecule is COc1ccc(NC(=S)N/N=C(/C)c2ccc3c(c2)OCCO3)cc1OC. The van der Waals surface area contributed by atoms with E-state index in [1.807, 2.05) is 31.2 Å². The maximum atomic E-state index is 5.60. The van der Waals surface area contributed by atoms with Gasteiger partial charge in [0.15, 0.2) is 28.1 Å². The molecule has 1 heterocycles. The number of anilines is 1. The van der Waals surface area contributed by atoms with Crippen LogP contribution < -0.4 is 29.7 Å². The van der Waals surface area contributed by atoms with Gasteiger partial charge in [0.2, 0.25) is 0 Å². The molecule has 0 aromatic heterocycles. The second-order valence-electron chi connectivity index (χ2n) is 5.69. The number of ether oxygens (including phenoxy) is 4. The van der Waals surface area contributed by atoms with Crippen LogP contribution in [0.3, 0.4) is 0 Å². The van der Waals surface area contributed by atoms with Crippen molar-refractivity contribution in [1.29, 1.82) is 0 Å². The number of thiocarbonyl (C=S) groups is 1. The average Bonchev–Trinajstić information content (AvgIpc) is 2.71. The maximum Gasteiger partial charge on any atom is 0.191 e. The number of hydrogen-bond acceptors (Lipinski definition) is 6. The Kier molecular flexibility index (Phi) is 5.97. The molecule has 0 aliphatic carbocycles. The van der Waals surface area contributed by atoms with Crippen molar-refractivity contribution in [2.24, 2.45) is 5.10 Å². The molecule has 0 amide bonds. The Morgan fingerprint density at radius 3 is 2.48 bits per heavy atom. The minimum absolute atomic E-state index is 0.360. The standard InChI is InChI=1S/C19H21N3O4S/c1-12(13-4-6-16-18(10-13)26-9-8-25-16)21-22-19(27)20-14-5-7-15(23-2)17(11-14)24-3/h4-7,10-11H,8-9H2,1-3H3,(H2,20,22,27)/b21-12-. The molecule has 0 spiro atoms. The van der Waals surface area contributed by atoms with E-state index in [2.05, 4.69) is 15.8 Å². The van der Waals surface area contributed by atoms with Gasteiger partial charge in [0.25, 0.3) is 0 Å². The third kappa shape index (κ3) is 4.59. The predicted molar refractivity (Wildman–Crippen MR) is 109 cm³/mol. The lowest BCUT2D eigenvalue weighted by Crippen LogP contribution is -2.25. The molecule has 2 N–H and O–H groups in total. The number of rotatable bonds is 5. The Morgan fingerprint density at radius 2 is 1.74 bits per heavy atom. The van der Waals surface area contributed by atoms with E-state index in [4.69, 9.17) is 31.2 Å². The van der Waals surface area contributed by atoms with Crippen LogP contribution in [0.5, 0.6) is 23.0 Å². The van der Waals surface area contributed by atoms with Crippen LogP contribution in [0.15, 0.2) is 41.5 Å². The number of methoxy groups -OCH3 is 2. The molecule has 2 aromatic rings. The molecule has 7 nitrogen and oxygen atoms in total. The van der Waals surface area contributed by atoms with E-state index >= 15 is 0 Å². The quantitative estimate of drug-likeness (QED) is 0.464. The van der Waals surface area contributed by atoms with Crippen LogP contribution >= 0.6 is 12.2 Å². The Labute approximate surface area is 163 Å². The van der Waals surface area contributed by atoms with Crippen molar-refractivity contribution in [3.63, 3.8) is 0 Å². The minimum atomic E-state index is 0.360. The van der Waals surface area contributed by atoms with Crippen LogP contribution in [0.2, 0.25) is 0 Å². The van der Waals surface area contributed by atoms with Gasteiger partial charge in [-0.25, -0.2) is 0 Å². The number of nitrogens with one attached hydrogen (secondary N) is 2. The van der Waals surface area contributed by atoms with Crippen molar-refractivity contribution in [2.45, 2.75) is 6.92 Å². The van der Waals surface area contributed by atoms with Gasteiger partial charge < -0.3 is 24.3 Å². The summed E-state index contributed by atoms with van der Waals surface area (Å²) in [5, 5.41) is 7.74. The number of hydrogen-bond donors (Lipinski definition) is 2. The zero-order valence-electron chi connectivity index (χ0n) is 15.4. The summed E-state index contributed by atoms with van der Waals surface area (Å²) >= 11 is 5.30. The molecule has 0 atom stereocenters. The Bertz CT molecular complexity index is 870. The van der Waals surface area contributed by atoms with E-state index in [1.165, 1.54) is 0 Å². The van der Waals surface area contributed by atoms with Gasteiger partial charge in [-0.15, -0.1) is 0 Å². The maximum absolute atomic E-state index is 5.60. The van der Waals surface area contributed by atoms with Gasteiger partial charge in [-0.3, -0.25) is 5.43 Å². The van der Waals surface area contributed by atoms with Crippen LogP contribution in [-0.2, 0) is 0 Å². The summed E-state index contributed by atoms with van der Waals surface area (Å²) < 4.78 is 21.6. The van der Waals surface area contributed by atoms with Crippen LogP contribution in [0.4, 0.5) is 5.69 Å². The first-order valence-corrected chi connectivity index (χ1v) is 8.75. The smallest absolute Gasteiger partial charge is 0.191 e. The van der Waals surface area contributed by atoms with Gasteiger partial charge in [0.05, 0.1) is 19.9 Å². The number of benzene rings is 2. The molecule has 0 bridgehead atoms. The second-order valence-corrected chi connectivity index (χ2v) is 6.10. The van der Waals surface area contributed by atoms with Crippen molar-refractivity contribution in [3.05, 3.63) is 42.0 Å². The van der Waals surface area contributed by atoms with Crippen molar-refractivity contribution in [3.8, 4) is 23.0 Å². The Morgan fingerprint density at radius 1 is 1.00 bits per heavy atom. The predicted octanol–water partition coefficient (Wildman–Crippen LogP) is 3.19. The zero-order chi connectivity index (χ0) is 19.2. The first-order valence-electron chi connectivity index (χ1n) is 8.34. The van der Waals surface area contributed by atoms with Crippen molar-refractivity contribution in [1.82, 2.24) is 5.43 Å². The van der Waals surface area contributed by atoms with Gasteiger partial charge in [0, 0.05) is 17.3 Å². The molecule has 0 saturated carbocycles. The van der Waals surface area contributed by atoms with Gasteiger partial charge in [-0.1, -0.05) is 0 Å². The fourth-order valence-electron chi connectivity index (χ4n) is 2.54. The van der Waals surface area contributed by atoms with E-state index in [1.54, 1.807) is 26.4 Å². The van der Waals surface area contributed by atoms with E-state index < -0.39 is 0 Å². The normalized spacial score (nSPS) is 12.9. The molecule has 2 aromatic carbocycles. The largest absolute Gasteiger partial charge is 0.493 e. The van der Waals surface area contributed by atoms with Crippen molar-refractivity contribution in [2.75, 3.05) is 32.8 Å². The zero-order valence-corrected chi connectivity index (χ0v) is 16.2. The highest BCUT2D eigenvalue weighted by molar-refractivity contribution is 7.80. The molecule has 142 valence electrons. The molecule has 1 aliphatic heterocycles. The monoisotopic (exact) mass is 387 g/mol. The topological polar surface area (TPSA) is 73.3 Å². The second kappa shape index (κ2) is 8.59. The van der Waals surface area contributed by atoms with Gasteiger partial charge >= 0.3 is 0 Å². The minimum Gasteiger partial charge on any atom is -0.493 e. The molecule has 0 radical (unpaired) electrons. The Balaban J connectivity index is 1.64. The van der Waals surface area contributed by atoms with E-state index in [0.29, 0.717) is 29.8 Å².